The van der Waals surface area contributed by atoms with Crippen molar-refractivity contribution in [1.82, 2.24) is 4.98 Å². The van der Waals surface area contributed by atoms with Crippen LogP contribution in [0.5, 0.6) is 0 Å². The minimum absolute atomic E-state index is 0.0167. The molecule has 0 aliphatic carbocycles. The zero-order chi connectivity index (χ0) is 12.4. The summed E-state index contributed by atoms with van der Waals surface area (Å²) in [6, 6.07) is 7.19. The first-order chi connectivity index (χ1) is 8.08. The largest absolute Gasteiger partial charge is 0.287 e. The first-order valence-corrected chi connectivity index (χ1v) is 5.08. The van der Waals surface area contributed by atoms with Crippen LogP contribution in [0.3, 0.4) is 0 Å². The summed E-state index contributed by atoms with van der Waals surface area (Å²) in [5, 5.41) is 0.137. The van der Waals surface area contributed by atoms with Crippen molar-refractivity contribution in [3.05, 3.63) is 64.4 Å². The van der Waals surface area contributed by atoms with Crippen molar-refractivity contribution in [2.24, 2.45) is 0 Å². The summed E-state index contributed by atoms with van der Waals surface area (Å²) < 4.78 is 26.1. The lowest BCUT2D eigenvalue weighted by molar-refractivity contribution is 0.103. The van der Waals surface area contributed by atoms with Crippen molar-refractivity contribution in [3.8, 4) is 0 Å². The number of benzene rings is 1. The molecule has 1 aromatic carbocycles. The number of hydrogen-bond donors (Lipinski definition) is 0. The predicted molar refractivity (Wildman–Crippen MR) is 59.0 cm³/mol. The third-order valence-corrected chi connectivity index (χ3v) is 2.33. The molecule has 2 rings (SSSR count). The molecule has 17 heavy (non-hydrogen) atoms. The maximum atomic E-state index is 13.4. The second kappa shape index (κ2) is 4.59. The van der Waals surface area contributed by atoms with Gasteiger partial charge in [-0.05, 0) is 24.3 Å². The molecule has 0 fully saturated rings. The monoisotopic (exact) mass is 253 g/mol. The average Bonchev–Trinajstić information content (AvgIpc) is 2.28. The van der Waals surface area contributed by atoms with E-state index in [0.29, 0.717) is 6.07 Å². The van der Waals surface area contributed by atoms with Crippen LogP contribution >= 0.6 is 11.6 Å². The molecule has 0 N–H and O–H groups in total. The summed E-state index contributed by atoms with van der Waals surface area (Å²) >= 11 is 5.62. The van der Waals surface area contributed by atoms with Crippen molar-refractivity contribution < 1.29 is 13.6 Å². The maximum Gasteiger partial charge on any atom is 0.214 e. The highest BCUT2D eigenvalue weighted by molar-refractivity contribution is 6.29. The number of carbonyl (C=O) groups excluding carboxylic acids is 1. The van der Waals surface area contributed by atoms with Gasteiger partial charge in [-0.15, -0.1) is 0 Å². The molecule has 0 aliphatic heterocycles. The summed E-state index contributed by atoms with van der Waals surface area (Å²) in [6.07, 6.45) is 0. The van der Waals surface area contributed by atoms with Crippen LogP contribution in [0.25, 0.3) is 0 Å². The zero-order valence-corrected chi connectivity index (χ0v) is 9.21. The topological polar surface area (TPSA) is 30.0 Å². The molecule has 2 aromatic rings. The van der Waals surface area contributed by atoms with Crippen LogP contribution in [0.15, 0.2) is 36.4 Å². The SMILES string of the molecule is O=C(c1cccc(Cl)n1)c1ccc(F)cc1F. The molecule has 5 heteroatoms. The molecule has 0 unspecified atom stereocenters. The molecule has 1 aromatic heterocycles. The Bertz CT molecular complexity index is 586. The van der Waals surface area contributed by atoms with Crippen LogP contribution in [0.4, 0.5) is 8.78 Å². The summed E-state index contributed by atoms with van der Waals surface area (Å²) in [7, 11) is 0. The highest BCUT2D eigenvalue weighted by atomic mass is 35.5. The number of halogens is 3. The van der Waals surface area contributed by atoms with Gasteiger partial charge in [0.05, 0.1) is 5.56 Å². The quantitative estimate of drug-likeness (QED) is 0.607. The highest BCUT2D eigenvalue weighted by Crippen LogP contribution is 2.15. The van der Waals surface area contributed by atoms with Crippen molar-refractivity contribution in [1.29, 1.82) is 0 Å². The number of aromatic nitrogens is 1. The normalized spacial score (nSPS) is 10.3. The number of nitrogens with zero attached hydrogens (tertiary/aromatic N) is 1. The Morgan fingerprint density at radius 1 is 1.18 bits per heavy atom. The summed E-state index contributed by atoms with van der Waals surface area (Å²) in [5.41, 5.74) is -0.218. The van der Waals surface area contributed by atoms with E-state index in [-0.39, 0.29) is 16.4 Å². The molecular weight excluding hydrogens is 248 g/mol. The molecule has 2 nitrogen and oxygen atoms in total. The Kier molecular flexibility index (Phi) is 3.15. The van der Waals surface area contributed by atoms with Crippen LogP contribution < -0.4 is 0 Å². The predicted octanol–water partition coefficient (Wildman–Crippen LogP) is 3.24. The first-order valence-electron chi connectivity index (χ1n) is 4.70. The lowest BCUT2D eigenvalue weighted by atomic mass is 10.1. The van der Waals surface area contributed by atoms with Crippen LogP contribution in [0.2, 0.25) is 5.15 Å². The summed E-state index contributed by atoms with van der Waals surface area (Å²) in [6.45, 7) is 0. The number of pyridine rings is 1. The molecule has 0 amide bonds. The molecule has 0 bridgehead atoms. The van der Waals surface area contributed by atoms with E-state index < -0.39 is 17.4 Å². The van der Waals surface area contributed by atoms with Crippen LogP contribution in [-0.4, -0.2) is 10.8 Å². The van der Waals surface area contributed by atoms with Crippen molar-refractivity contribution >= 4 is 17.4 Å². The fourth-order valence-electron chi connectivity index (χ4n) is 1.35. The molecule has 0 spiro atoms. The Labute approximate surface area is 101 Å². The third kappa shape index (κ3) is 2.47. The summed E-state index contributed by atoms with van der Waals surface area (Å²) in [4.78, 5) is 15.6. The smallest absolute Gasteiger partial charge is 0.214 e. The Hall–Kier alpha value is -1.81. The fourth-order valence-corrected chi connectivity index (χ4v) is 1.51. The minimum Gasteiger partial charge on any atom is -0.287 e. The molecule has 0 radical (unpaired) electrons. The molecular formula is C12H6ClF2NO. The van der Waals surface area contributed by atoms with Crippen molar-refractivity contribution in [2.45, 2.75) is 0 Å². The number of carbonyl (C=O) groups is 1. The maximum absolute atomic E-state index is 13.4. The van der Waals surface area contributed by atoms with Gasteiger partial charge in [0, 0.05) is 6.07 Å². The number of hydrogen-bond acceptors (Lipinski definition) is 2. The van der Waals surface area contributed by atoms with Gasteiger partial charge in [-0.3, -0.25) is 4.79 Å². The Balaban J connectivity index is 2.44. The molecule has 0 saturated heterocycles. The molecule has 0 saturated carbocycles. The lowest BCUT2D eigenvalue weighted by Gasteiger charge is -2.02. The van der Waals surface area contributed by atoms with Gasteiger partial charge >= 0.3 is 0 Å². The summed E-state index contributed by atoms with van der Waals surface area (Å²) in [5.74, 6) is -2.29. The molecule has 1 heterocycles. The number of rotatable bonds is 2. The van der Waals surface area contributed by atoms with Crippen LogP contribution in [0.1, 0.15) is 16.1 Å². The first kappa shape index (κ1) is 11.7. The van der Waals surface area contributed by atoms with E-state index >= 15 is 0 Å². The second-order valence-corrected chi connectivity index (χ2v) is 3.69. The van der Waals surface area contributed by atoms with Gasteiger partial charge in [0.25, 0.3) is 0 Å². The second-order valence-electron chi connectivity index (χ2n) is 3.30. The Morgan fingerprint density at radius 3 is 2.59 bits per heavy atom. The van der Waals surface area contributed by atoms with E-state index in [4.69, 9.17) is 11.6 Å². The number of ketones is 1. The highest BCUT2D eigenvalue weighted by Gasteiger charge is 2.15. The van der Waals surface area contributed by atoms with Crippen LogP contribution in [0, 0.1) is 11.6 Å². The zero-order valence-electron chi connectivity index (χ0n) is 8.45. The molecule has 0 atom stereocenters. The van der Waals surface area contributed by atoms with E-state index in [1.165, 1.54) is 18.2 Å². The molecule has 0 aliphatic rings. The van der Waals surface area contributed by atoms with E-state index in [2.05, 4.69) is 4.98 Å². The fraction of sp³-hybridized carbons (Fsp3) is 0. The van der Waals surface area contributed by atoms with E-state index in [1.54, 1.807) is 0 Å². The van der Waals surface area contributed by atoms with Crippen molar-refractivity contribution in [3.63, 3.8) is 0 Å². The van der Waals surface area contributed by atoms with Crippen LogP contribution in [-0.2, 0) is 0 Å². The van der Waals surface area contributed by atoms with Gasteiger partial charge in [-0.2, -0.15) is 0 Å². The lowest BCUT2D eigenvalue weighted by Crippen LogP contribution is -2.06. The van der Waals surface area contributed by atoms with E-state index in [1.807, 2.05) is 0 Å². The molecule has 86 valence electrons. The standard InChI is InChI=1S/C12H6ClF2NO/c13-11-3-1-2-10(16-11)12(17)8-5-4-7(14)6-9(8)15/h1-6H. The van der Waals surface area contributed by atoms with Gasteiger partial charge in [-0.25, -0.2) is 13.8 Å². The van der Waals surface area contributed by atoms with Gasteiger partial charge in [0.15, 0.2) is 0 Å². The van der Waals surface area contributed by atoms with Gasteiger partial charge in [0.2, 0.25) is 5.78 Å². The van der Waals surface area contributed by atoms with Gasteiger partial charge in [-0.1, -0.05) is 17.7 Å². The van der Waals surface area contributed by atoms with Gasteiger partial charge < -0.3 is 0 Å². The third-order valence-electron chi connectivity index (χ3n) is 2.12. The Morgan fingerprint density at radius 2 is 1.94 bits per heavy atom. The van der Waals surface area contributed by atoms with E-state index in [9.17, 15) is 13.6 Å². The van der Waals surface area contributed by atoms with Gasteiger partial charge in [0.1, 0.15) is 22.5 Å². The average molecular weight is 254 g/mol. The van der Waals surface area contributed by atoms with Crippen molar-refractivity contribution in [2.75, 3.05) is 0 Å². The van der Waals surface area contributed by atoms with E-state index in [0.717, 1.165) is 12.1 Å². The minimum atomic E-state index is -0.920.